The summed E-state index contributed by atoms with van der Waals surface area (Å²) in [4.78, 5) is 0.372. The minimum Gasteiger partial charge on any atom is -0.493 e. The number of rotatable bonds is 6. The lowest BCUT2D eigenvalue weighted by Gasteiger charge is -2.09. The van der Waals surface area contributed by atoms with Gasteiger partial charge < -0.3 is 4.74 Å². The first-order chi connectivity index (χ1) is 7.95. The number of ether oxygens (including phenoxy) is 1. The molecule has 0 aliphatic rings. The highest BCUT2D eigenvalue weighted by Gasteiger charge is 2.12. The smallest absolute Gasteiger partial charge is 0.178 e. The third-order valence-corrected chi connectivity index (χ3v) is 4.18. The minimum absolute atomic E-state index is 0.194. The number of sulfone groups is 1. The van der Waals surface area contributed by atoms with Crippen LogP contribution in [0.5, 0.6) is 5.75 Å². The Morgan fingerprint density at radius 1 is 1.18 bits per heavy atom. The van der Waals surface area contributed by atoms with Crippen LogP contribution in [0.1, 0.15) is 27.2 Å². The molecule has 1 aromatic carbocycles. The first kappa shape index (κ1) is 14.0. The summed E-state index contributed by atoms with van der Waals surface area (Å²) in [6.45, 7) is 6.64. The first-order valence-electron chi connectivity index (χ1n) is 5.91. The molecule has 3 nitrogen and oxygen atoms in total. The van der Waals surface area contributed by atoms with Crippen LogP contribution in [0.3, 0.4) is 0 Å². The summed E-state index contributed by atoms with van der Waals surface area (Å²) in [7, 11) is -3.11. The zero-order chi connectivity index (χ0) is 12.9. The third kappa shape index (κ3) is 4.38. The van der Waals surface area contributed by atoms with Crippen LogP contribution in [-0.4, -0.2) is 20.8 Å². The van der Waals surface area contributed by atoms with Crippen molar-refractivity contribution in [3.63, 3.8) is 0 Å². The van der Waals surface area contributed by atoms with E-state index in [9.17, 15) is 8.42 Å². The van der Waals surface area contributed by atoms with E-state index in [0.717, 1.165) is 0 Å². The SMILES string of the molecule is CCCS(=O)(=O)c1ccc(OCC(C)C)cc1. The van der Waals surface area contributed by atoms with Gasteiger partial charge in [-0.1, -0.05) is 20.8 Å². The Bertz CT molecular complexity index is 432. The van der Waals surface area contributed by atoms with E-state index in [-0.39, 0.29) is 5.75 Å². The molecule has 0 saturated carbocycles. The number of benzene rings is 1. The molecule has 0 aliphatic carbocycles. The van der Waals surface area contributed by atoms with Crippen molar-refractivity contribution in [1.82, 2.24) is 0 Å². The number of hydrogen-bond donors (Lipinski definition) is 0. The highest BCUT2D eigenvalue weighted by atomic mass is 32.2. The molecule has 1 aromatic rings. The van der Waals surface area contributed by atoms with Crippen molar-refractivity contribution in [2.75, 3.05) is 12.4 Å². The number of hydrogen-bond acceptors (Lipinski definition) is 3. The van der Waals surface area contributed by atoms with E-state index in [1.807, 2.05) is 6.92 Å². The van der Waals surface area contributed by atoms with Gasteiger partial charge in [0.2, 0.25) is 0 Å². The van der Waals surface area contributed by atoms with Gasteiger partial charge in [0, 0.05) is 0 Å². The van der Waals surface area contributed by atoms with Gasteiger partial charge in [0.1, 0.15) is 5.75 Å². The van der Waals surface area contributed by atoms with Gasteiger partial charge in [0.05, 0.1) is 17.3 Å². The van der Waals surface area contributed by atoms with Crippen molar-refractivity contribution in [3.05, 3.63) is 24.3 Å². The first-order valence-corrected chi connectivity index (χ1v) is 7.56. The topological polar surface area (TPSA) is 43.4 Å². The molecule has 0 spiro atoms. The molecule has 0 amide bonds. The largest absolute Gasteiger partial charge is 0.493 e. The molecule has 17 heavy (non-hydrogen) atoms. The van der Waals surface area contributed by atoms with Crippen LogP contribution in [0.25, 0.3) is 0 Å². The molecular weight excluding hydrogens is 236 g/mol. The third-order valence-electron chi connectivity index (χ3n) is 2.24. The molecule has 0 heterocycles. The molecular formula is C13H20O3S. The fourth-order valence-electron chi connectivity index (χ4n) is 1.39. The Balaban J connectivity index is 2.74. The van der Waals surface area contributed by atoms with Crippen molar-refractivity contribution < 1.29 is 13.2 Å². The summed E-state index contributed by atoms with van der Waals surface area (Å²) in [5.74, 6) is 1.37. The minimum atomic E-state index is -3.11. The van der Waals surface area contributed by atoms with Gasteiger partial charge in [0.25, 0.3) is 0 Å². The average molecular weight is 256 g/mol. The maximum atomic E-state index is 11.8. The van der Waals surface area contributed by atoms with Crippen LogP contribution < -0.4 is 4.74 Å². The van der Waals surface area contributed by atoms with Gasteiger partial charge in [-0.15, -0.1) is 0 Å². The molecule has 0 aromatic heterocycles. The van der Waals surface area contributed by atoms with Gasteiger partial charge in [-0.05, 0) is 36.6 Å². The van der Waals surface area contributed by atoms with E-state index >= 15 is 0 Å². The lowest BCUT2D eigenvalue weighted by Crippen LogP contribution is -2.07. The van der Waals surface area contributed by atoms with E-state index in [4.69, 9.17) is 4.74 Å². The van der Waals surface area contributed by atoms with E-state index in [2.05, 4.69) is 13.8 Å². The Labute approximate surface area is 104 Å². The van der Waals surface area contributed by atoms with Crippen LogP contribution in [0.15, 0.2) is 29.2 Å². The highest BCUT2D eigenvalue weighted by Crippen LogP contribution is 2.18. The van der Waals surface area contributed by atoms with Crippen LogP contribution in [0.4, 0.5) is 0 Å². The fraction of sp³-hybridized carbons (Fsp3) is 0.538. The normalized spacial score (nSPS) is 11.8. The molecule has 4 heteroatoms. The molecule has 0 aliphatic heterocycles. The van der Waals surface area contributed by atoms with Crippen LogP contribution in [0.2, 0.25) is 0 Å². The van der Waals surface area contributed by atoms with E-state index < -0.39 is 9.84 Å². The summed E-state index contributed by atoms with van der Waals surface area (Å²) in [5.41, 5.74) is 0. The van der Waals surface area contributed by atoms with Gasteiger partial charge in [0.15, 0.2) is 9.84 Å². The molecule has 0 atom stereocenters. The van der Waals surface area contributed by atoms with Gasteiger partial charge >= 0.3 is 0 Å². The second-order valence-electron chi connectivity index (χ2n) is 4.50. The molecule has 0 saturated heterocycles. The average Bonchev–Trinajstić information content (AvgIpc) is 2.27. The zero-order valence-electron chi connectivity index (χ0n) is 10.6. The maximum Gasteiger partial charge on any atom is 0.178 e. The second kappa shape index (κ2) is 6.05. The zero-order valence-corrected chi connectivity index (χ0v) is 11.5. The van der Waals surface area contributed by atoms with Crippen LogP contribution in [-0.2, 0) is 9.84 Å². The van der Waals surface area contributed by atoms with Crippen molar-refractivity contribution in [2.45, 2.75) is 32.1 Å². The monoisotopic (exact) mass is 256 g/mol. The Morgan fingerprint density at radius 3 is 2.24 bits per heavy atom. The van der Waals surface area contributed by atoms with Crippen molar-refractivity contribution in [1.29, 1.82) is 0 Å². The highest BCUT2D eigenvalue weighted by molar-refractivity contribution is 7.91. The Kier molecular flexibility index (Phi) is 5.00. The van der Waals surface area contributed by atoms with Gasteiger partial charge in [-0.3, -0.25) is 0 Å². The standard InChI is InChI=1S/C13H20O3S/c1-4-9-17(14,15)13-7-5-12(6-8-13)16-10-11(2)3/h5-8,11H,4,9-10H2,1-3H3. The maximum absolute atomic E-state index is 11.8. The van der Waals surface area contributed by atoms with Crippen molar-refractivity contribution in [2.24, 2.45) is 5.92 Å². The summed E-state index contributed by atoms with van der Waals surface area (Å²) in [6.07, 6.45) is 0.633. The molecule has 96 valence electrons. The lowest BCUT2D eigenvalue weighted by molar-refractivity contribution is 0.271. The van der Waals surface area contributed by atoms with Crippen LogP contribution >= 0.6 is 0 Å². The van der Waals surface area contributed by atoms with Crippen molar-refractivity contribution >= 4 is 9.84 Å². The summed E-state index contributed by atoms with van der Waals surface area (Å²) in [5, 5.41) is 0. The molecule has 1 rings (SSSR count). The van der Waals surface area contributed by atoms with Gasteiger partial charge in [-0.25, -0.2) is 8.42 Å². The summed E-state index contributed by atoms with van der Waals surface area (Å²) in [6, 6.07) is 6.65. The quantitative estimate of drug-likeness (QED) is 0.786. The fourth-order valence-corrected chi connectivity index (χ4v) is 2.72. The van der Waals surface area contributed by atoms with Gasteiger partial charge in [-0.2, -0.15) is 0 Å². The lowest BCUT2D eigenvalue weighted by atomic mass is 10.2. The van der Waals surface area contributed by atoms with E-state index in [1.54, 1.807) is 24.3 Å². The summed E-state index contributed by atoms with van der Waals surface area (Å²) >= 11 is 0. The van der Waals surface area contributed by atoms with E-state index in [1.165, 1.54) is 0 Å². The predicted octanol–water partition coefficient (Wildman–Crippen LogP) is 2.91. The molecule has 0 fully saturated rings. The summed E-state index contributed by atoms with van der Waals surface area (Å²) < 4.78 is 29.0. The van der Waals surface area contributed by atoms with Crippen molar-refractivity contribution in [3.8, 4) is 5.75 Å². The van der Waals surface area contributed by atoms with E-state index in [0.29, 0.717) is 29.6 Å². The second-order valence-corrected chi connectivity index (χ2v) is 6.60. The predicted molar refractivity (Wildman–Crippen MR) is 69.1 cm³/mol. The van der Waals surface area contributed by atoms with Crippen LogP contribution in [0, 0.1) is 5.92 Å². The molecule has 0 radical (unpaired) electrons. The Hall–Kier alpha value is -1.03. The molecule has 0 N–H and O–H groups in total. The molecule has 0 unspecified atom stereocenters. The molecule has 0 bridgehead atoms. The Morgan fingerprint density at radius 2 is 1.76 bits per heavy atom.